The SMILES string of the molecule is COC(=O)c1cc(C)c(C2c3ccccc3Nc3ccc(OC(C)C)cc32)c(C)c1. The molecule has 4 rings (SSSR count). The van der Waals surface area contributed by atoms with E-state index in [1.807, 2.05) is 38.1 Å². The smallest absolute Gasteiger partial charge is 0.337 e. The number of carbonyl (C=O) groups excluding carboxylic acids is 1. The number of nitrogens with one attached hydrogen (secondary N) is 1. The van der Waals surface area contributed by atoms with Gasteiger partial charge in [-0.2, -0.15) is 0 Å². The number of esters is 1. The number of methoxy groups -OCH3 is 1. The van der Waals surface area contributed by atoms with Crippen LogP contribution in [0.5, 0.6) is 5.75 Å². The molecule has 0 saturated carbocycles. The average molecular weight is 402 g/mol. The molecule has 1 aliphatic rings. The molecule has 0 bridgehead atoms. The van der Waals surface area contributed by atoms with Gasteiger partial charge in [-0.25, -0.2) is 4.79 Å². The third-order valence-corrected chi connectivity index (χ3v) is 5.55. The topological polar surface area (TPSA) is 47.6 Å². The molecule has 3 aromatic carbocycles. The first-order chi connectivity index (χ1) is 14.4. The fourth-order valence-electron chi connectivity index (χ4n) is 4.39. The minimum absolute atomic E-state index is 0.0415. The van der Waals surface area contributed by atoms with Crippen molar-refractivity contribution >= 4 is 17.3 Å². The van der Waals surface area contributed by atoms with Crippen molar-refractivity contribution in [2.45, 2.75) is 39.7 Å². The van der Waals surface area contributed by atoms with Gasteiger partial charge in [0.25, 0.3) is 0 Å². The van der Waals surface area contributed by atoms with Crippen molar-refractivity contribution in [3.05, 3.63) is 88.0 Å². The van der Waals surface area contributed by atoms with Crippen molar-refractivity contribution in [2.75, 3.05) is 12.4 Å². The lowest BCUT2D eigenvalue weighted by molar-refractivity contribution is 0.0600. The van der Waals surface area contributed by atoms with Gasteiger partial charge < -0.3 is 14.8 Å². The van der Waals surface area contributed by atoms with Gasteiger partial charge in [-0.3, -0.25) is 0 Å². The van der Waals surface area contributed by atoms with Gasteiger partial charge >= 0.3 is 5.97 Å². The van der Waals surface area contributed by atoms with E-state index in [0.717, 1.165) is 28.3 Å². The van der Waals surface area contributed by atoms with Crippen LogP contribution in [0.3, 0.4) is 0 Å². The zero-order valence-electron chi connectivity index (χ0n) is 18.1. The Morgan fingerprint density at radius 1 is 0.933 bits per heavy atom. The molecule has 1 unspecified atom stereocenters. The lowest BCUT2D eigenvalue weighted by atomic mass is 9.77. The maximum atomic E-state index is 12.1. The molecule has 154 valence electrons. The molecule has 1 atom stereocenters. The third-order valence-electron chi connectivity index (χ3n) is 5.55. The molecular formula is C26H27NO3. The second-order valence-corrected chi connectivity index (χ2v) is 8.08. The van der Waals surface area contributed by atoms with Gasteiger partial charge in [-0.15, -0.1) is 0 Å². The number of aryl methyl sites for hydroxylation is 2. The fourth-order valence-corrected chi connectivity index (χ4v) is 4.39. The van der Waals surface area contributed by atoms with E-state index in [9.17, 15) is 4.79 Å². The number of fused-ring (bicyclic) bond motifs is 2. The fraction of sp³-hybridized carbons (Fsp3) is 0.269. The van der Waals surface area contributed by atoms with E-state index < -0.39 is 0 Å². The Hall–Kier alpha value is -3.27. The minimum atomic E-state index is -0.313. The van der Waals surface area contributed by atoms with Crippen LogP contribution < -0.4 is 10.1 Å². The summed E-state index contributed by atoms with van der Waals surface area (Å²) in [7, 11) is 1.41. The summed E-state index contributed by atoms with van der Waals surface area (Å²) in [6.07, 6.45) is 0.105. The molecule has 1 N–H and O–H groups in total. The molecule has 0 aromatic heterocycles. The van der Waals surface area contributed by atoms with Crippen LogP contribution in [-0.2, 0) is 4.74 Å². The van der Waals surface area contributed by atoms with Crippen LogP contribution in [0.2, 0.25) is 0 Å². The Bertz CT molecular complexity index is 1090. The highest BCUT2D eigenvalue weighted by Gasteiger charge is 2.30. The van der Waals surface area contributed by atoms with Crippen LogP contribution >= 0.6 is 0 Å². The summed E-state index contributed by atoms with van der Waals surface area (Å²) < 4.78 is 10.9. The Morgan fingerprint density at radius 2 is 1.60 bits per heavy atom. The number of carbonyl (C=O) groups is 1. The third kappa shape index (κ3) is 3.54. The normalized spacial score (nSPS) is 14.5. The highest BCUT2D eigenvalue weighted by molar-refractivity contribution is 5.90. The molecule has 0 aliphatic carbocycles. The van der Waals surface area contributed by atoms with E-state index in [2.05, 4.69) is 49.5 Å². The van der Waals surface area contributed by atoms with Crippen LogP contribution in [0.15, 0.2) is 54.6 Å². The van der Waals surface area contributed by atoms with Crippen molar-refractivity contribution in [2.24, 2.45) is 0 Å². The molecule has 4 nitrogen and oxygen atoms in total. The molecule has 0 spiro atoms. The molecular weight excluding hydrogens is 374 g/mol. The van der Waals surface area contributed by atoms with Gasteiger partial charge in [-0.05, 0) is 91.9 Å². The van der Waals surface area contributed by atoms with E-state index in [0.29, 0.717) is 5.56 Å². The van der Waals surface area contributed by atoms with E-state index in [1.54, 1.807) is 0 Å². The maximum Gasteiger partial charge on any atom is 0.337 e. The monoisotopic (exact) mass is 401 g/mol. The van der Waals surface area contributed by atoms with E-state index in [1.165, 1.54) is 23.8 Å². The van der Waals surface area contributed by atoms with Crippen LogP contribution in [0, 0.1) is 13.8 Å². The average Bonchev–Trinajstić information content (AvgIpc) is 2.71. The highest BCUT2D eigenvalue weighted by Crippen LogP contribution is 2.47. The summed E-state index contributed by atoms with van der Waals surface area (Å²) >= 11 is 0. The lowest BCUT2D eigenvalue weighted by Gasteiger charge is -2.32. The Morgan fingerprint density at radius 3 is 2.27 bits per heavy atom. The van der Waals surface area contributed by atoms with Crippen molar-refractivity contribution in [3.8, 4) is 5.75 Å². The summed E-state index contributed by atoms with van der Waals surface area (Å²) in [5, 5.41) is 3.57. The van der Waals surface area contributed by atoms with Crippen molar-refractivity contribution < 1.29 is 14.3 Å². The van der Waals surface area contributed by atoms with Crippen LogP contribution in [-0.4, -0.2) is 19.2 Å². The quantitative estimate of drug-likeness (QED) is 0.419. The van der Waals surface area contributed by atoms with Crippen LogP contribution in [0.4, 0.5) is 11.4 Å². The molecule has 1 aliphatic heterocycles. The summed E-state index contributed by atoms with van der Waals surface area (Å²) in [5.74, 6) is 0.586. The van der Waals surface area contributed by atoms with Gasteiger partial charge in [0.1, 0.15) is 5.75 Å². The number of ether oxygens (including phenoxy) is 2. The predicted octanol–water partition coefficient (Wildman–Crippen LogP) is 6.11. The summed E-state index contributed by atoms with van der Waals surface area (Å²) in [5.41, 5.74) is 8.48. The summed E-state index contributed by atoms with van der Waals surface area (Å²) in [6.45, 7) is 8.19. The van der Waals surface area contributed by atoms with Crippen LogP contribution in [0.25, 0.3) is 0 Å². The van der Waals surface area contributed by atoms with E-state index in [4.69, 9.17) is 9.47 Å². The molecule has 1 heterocycles. The van der Waals surface area contributed by atoms with E-state index in [-0.39, 0.29) is 18.0 Å². The molecule has 30 heavy (non-hydrogen) atoms. The van der Waals surface area contributed by atoms with Crippen LogP contribution in [0.1, 0.15) is 57.9 Å². The number of hydrogen-bond acceptors (Lipinski definition) is 4. The van der Waals surface area contributed by atoms with Crippen molar-refractivity contribution in [1.29, 1.82) is 0 Å². The second kappa shape index (κ2) is 7.86. The molecule has 0 fully saturated rings. The second-order valence-electron chi connectivity index (χ2n) is 8.08. The van der Waals surface area contributed by atoms with Crippen molar-refractivity contribution in [3.63, 3.8) is 0 Å². The number of hydrogen-bond donors (Lipinski definition) is 1. The first-order valence-corrected chi connectivity index (χ1v) is 10.2. The first-order valence-electron chi connectivity index (χ1n) is 10.2. The summed E-state index contributed by atoms with van der Waals surface area (Å²) in [4.78, 5) is 12.1. The molecule has 3 aromatic rings. The molecule has 4 heteroatoms. The first kappa shape index (κ1) is 20.0. The highest BCUT2D eigenvalue weighted by atomic mass is 16.5. The predicted molar refractivity (Wildman–Crippen MR) is 120 cm³/mol. The Balaban J connectivity index is 1.93. The molecule has 0 radical (unpaired) electrons. The minimum Gasteiger partial charge on any atom is -0.491 e. The van der Waals surface area contributed by atoms with Gasteiger partial charge in [-0.1, -0.05) is 18.2 Å². The Labute approximate surface area is 177 Å². The number of anilines is 2. The molecule has 0 amide bonds. The number of rotatable bonds is 4. The van der Waals surface area contributed by atoms with E-state index >= 15 is 0 Å². The van der Waals surface area contributed by atoms with Gasteiger partial charge in [0.2, 0.25) is 0 Å². The number of para-hydroxylation sites is 1. The Kier molecular flexibility index (Phi) is 5.25. The molecule has 0 saturated heterocycles. The summed E-state index contributed by atoms with van der Waals surface area (Å²) in [6, 6.07) is 18.5. The van der Waals surface area contributed by atoms with Crippen molar-refractivity contribution in [1.82, 2.24) is 0 Å². The number of benzene rings is 3. The lowest BCUT2D eigenvalue weighted by Crippen LogP contribution is -2.17. The standard InChI is InChI=1S/C26H27NO3/c1-15(2)30-19-10-11-23-21(14-19)25(20-8-6-7-9-22(20)27-23)24-16(3)12-18(13-17(24)4)26(28)29-5/h6-15,25,27H,1-5H3. The van der Waals surface area contributed by atoms with Gasteiger partial charge in [0.05, 0.1) is 18.8 Å². The largest absolute Gasteiger partial charge is 0.491 e. The zero-order valence-corrected chi connectivity index (χ0v) is 18.1. The maximum absolute atomic E-state index is 12.1. The van der Waals surface area contributed by atoms with Gasteiger partial charge in [0, 0.05) is 17.3 Å². The zero-order chi connectivity index (χ0) is 21.4. The van der Waals surface area contributed by atoms with Gasteiger partial charge in [0.15, 0.2) is 0 Å².